The molecule has 1 fully saturated rings. The summed E-state index contributed by atoms with van der Waals surface area (Å²) >= 11 is 5.06. The molecule has 154 valence electrons. The molecule has 0 saturated carbocycles. The molecule has 2 aromatic rings. The number of hydrogen-bond donors (Lipinski definition) is 2. The van der Waals surface area contributed by atoms with Crippen molar-refractivity contribution in [1.29, 1.82) is 0 Å². The summed E-state index contributed by atoms with van der Waals surface area (Å²) in [5.41, 5.74) is 0.874. The predicted octanol–water partition coefficient (Wildman–Crippen LogP) is 3.32. The first-order valence-corrected chi connectivity index (χ1v) is 12.1. The molecule has 2 atom stereocenters. The Morgan fingerprint density at radius 3 is 2.57 bits per heavy atom. The van der Waals surface area contributed by atoms with Gasteiger partial charge in [0.1, 0.15) is 17.1 Å². The Hall–Kier alpha value is -1.98. The molecule has 4 rings (SSSR count). The molecule has 2 aliphatic heterocycles. The highest BCUT2D eigenvalue weighted by molar-refractivity contribution is 14.1. The fourth-order valence-electron chi connectivity index (χ4n) is 3.34. The van der Waals surface area contributed by atoms with Crippen LogP contribution in [0.2, 0.25) is 0 Å². The number of amides is 2. The van der Waals surface area contributed by atoms with Crippen LogP contribution in [0.4, 0.5) is 0 Å². The van der Waals surface area contributed by atoms with Crippen LogP contribution in [0.5, 0.6) is 0 Å². The van der Waals surface area contributed by atoms with E-state index in [4.69, 9.17) is 0 Å². The number of nitrogens with one attached hydrogen (secondary N) is 1. The summed E-state index contributed by atoms with van der Waals surface area (Å²) in [6.07, 6.45) is 0.178. The highest BCUT2D eigenvalue weighted by atomic mass is 127. The Morgan fingerprint density at radius 1 is 1.17 bits per heavy atom. The Balaban J connectivity index is 1.49. The average molecular weight is 552 g/mol. The molecule has 1 saturated heterocycles. The fourth-order valence-corrected chi connectivity index (χ4v) is 6.55. The van der Waals surface area contributed by atoms with Gasteiger partial charge in [0, 0.05) is 19.1 Å². The number of halogens is 1. The van der Waals surface area contributed by atoms with E-state index in [1.807, 2.05) is 54.6 Å². The summed E-state index contributed by atoms with van der Waals surface area (Å²) in [6, 6.07) is 16.3. The number of carbonyl (C=O) groups excluding carboxylic acids is 2. The summed E-state index contributed by atoms with van der Waals surface area (Å²) in [6.45, 7) is 0. The van der Waals surface area contributed by atoms with Crippen LogP contribution in [-0.2, 0) is 20.8 Å². The number of thioether (sulfide) groups is 2. The molecule has 0 radical (unpaired) electrons. The number of rotatable bonds is 6. The molecule has 0 bridgehead atoms. The van der Waals surface area contributed by atoms with Gasteiger partial charge in [0.05, 0.1) is 6.42 Å². The van der Waals surface area contributed by atoms with Crippen molar-refractivity contribution < 1.29 is 19.5 Å². The van der Waals surface area contributed by atoms with Crippen molar-refractivity contribution in [3.63, 3.8) is 0 Å². The number of fused-ring (bicyclic) bond motifs is 1. The zero-order valence-electron chi connectivity index (χ0n) is 15.6. The van der Waals surface area contributed by atoms with Crippen LogP contribution in [0.3, 0.4) is 0 Å². The molecule has 2 N–H and O–H groups in total. The van der Waals surface area contributed by atoms with Gasteiger partial charge in [-0.15, -0.1) is 11.8 Å². The Kier molecular flexibility index (Phi) is 6.40. The van der Waals surface area contributed by atoms with Gasteiger partial charge in [0.15, 0.2) is 0 Å². The van der Waals surface area contributed by atoms with Gasteiger partial charge in [-0.25, -0.2) is 4.79 Å². The minimum absolute atomic E-state index is 0.0157. The van der Waals surface area contributed by atoms with Gasteiger partial charge in [-0.1, -0.05) is 54.2 Å². The smallest absolute Gasteiger partial charge is 0.353 e. The lowest BCUT2D eigenvalue weighted by Crippen LogP contribution is -2.70. The van der Waals surface area contributed by atoms with Crippen LogP contribution in [0.25, 0.3) is 0 Å². The van der Waals surface area contributed by atoms with Crippen molar-refractivity contribution in [2.24, 2.45) is 0 Å². The third-order valence-electron chi connectivity index (χ3n) is 4.73. The normalized spacial score (nSPS) is 20.4. The van der Waals surface area contributed by atoms with Crippen LogP contribution in [0.15, 0.2) is 70.1 Å². The minimum atomic E-state index is -1.13. The number of hydrogen-bond acceptors (Lipinski definition) is 5. The molecule has 2 amide bonds. The molecular weight excluding hydrogens is 535 g/mol. The van der Waals surface area contributed by atoms with Gasteiger partial charge in [0.25, 0.3) is 5.91 Å². The average Bonchev–Trinajstić information content (AvgIpc) is 2.73. The van der Waals surface area contributed by atoms with E-state index >= 15 is 0 Å². The maximum Gasteiger partial charge on any atom is 0.353 e. The SMILES string of the molecule is O=C(Cc1ccccc1)N[C@@H]1C(=O)N2C(C(=O)O)=C(Sc3ccccc3I)CS[C@H]12. The molecule has 2 aromatic carbocycles. The second-order valence-corrected chi connectivity index (χ2v) is 10.1. The standard InChI is InChI=1S/C21H17IN2O4S2/c22-13-8-4-5-9-14(13)30-15-11-29-20-17(19(26)24(20)18(15)21(27)28)23-16(25)10-12-6-2-1-3-7-12/h1-9,17,20H,10-11H2,(H,23,25)(H,27,28)/t17-,20-/m1/s1. The fraction of sp³-hybridized carbons (Fsp3) is 0.190. The Morgan fingerprint density at radius 2 is 1.87 bits per heavy atom. The van der Waals surface area contributed by atoms with Crippen molar-refractivity contribution in [3.8, 4) is 0 Å². The van der Waals surface area contributed by atoms with E-state index in [0.717, 1.165) is 14.0 Å². The summed E-state index contributed by atoms with van der Waals surface area (Å²) in [7, 11) is 0. The van der Waals surface area contributed by atoms with Gasteiger partial charge in [-0.3, -0.25) is 14.5 Å². The summed E-state index contributed by atoms with van der Waals surface area (Å²) in [5.74, 6) is -1.29. The van der Waals surface area contributed by atoms with Crippen LogP contribution >= 0.6 is 46.1 Å². The van der Waals surface area contributed by atoms with Gasteiger partial charge < -0.3 is 10.4 Å². The van der Waals surface area contributed by atoms with Crippen LogP contribution in [0.1, 0.15) is 5.56 Å². The summed E-state index contributed by atoms with van der Waals surface area (Å²) < 4.78 is 1.02. The molecule has 2 heterocycles. The zero-order valence-corrected chi connectivity index (χ0v) is 19.4. The molecular formula is C21H17IN2O4S2. The summed E-state index contributed by atoms with van der Waals surface area (Å²) in [5, 5.41) is 12.2. The second kappa shape index (κ2) is 9.03. The van der Waals surface area contributed by atoms with E-state index in [1.54, 1.807) is 0 Å². The monoisotopic (exact) mass is 552 g/mol. The van der Waals surface area contributed by atoms with E-state index in [0.29, 0.717) is 10.7 Å². The van der Waals surface area contributed by atoms with Crippen LogP contribution in [-0.4, -0.2) is 45.0 Å². The van der Waals surface area contributed by atoms with E-state index in [-0.39, 0.29) is 23.9 Å². The number of carbonyl (C=O) groups is 3. The molecule has 0 aromatic heterocycles. The van der Waals surface area contributed by atoms with E-state index in [2.05, 4.69) is 27.9 Å². The largest absolute Gasteiger partial charge is 0.477 e. The molecule has 9 heteroatoms. The third kappa shape index (κ3) is 4.23. The molecule has 6 nitrogen and oxygen atoms in total. The van der Waals surface area contributed by atoms with Crippen LogP contribution in [0, 0.1) is 3.57 Å². The van der Waals surface area contributed by atoms with Gasteiger partial charge in [-0.05, 0) is 40.3 Å². The first-order chi connectivity index (χ1) is 14.5. The second-order valence-electron chi connectivity index (χ2n) is 6.73. The lowest BCUT2D eigenvalue weighted by atomic mass is 10.0. The molecule has 30 heavy (non-hydrogen) atoms. The Labute approximate surface area is 195 Å². The number of carboxylic acid groups (broad SMARTS) is 1. The molecule has 2 aliphatic rings. The van der Waals surface area contributed by atoms with Crippen molar-refractivity contribution in [3.05, 3.63) is 74.3 Å². The minimum Gasteiger partial charge on any atom is -0.477 e. The molecule has 0 spiro atoms. The zero-order chi connectivity index (χ0) is 21.3. The lowest BCUT2D eigenvalue weighted by Gasteiger charge is -2.49. The van der Waals surface area contributed by atoms with Gasteiger partial charge >= 0.3 is 5.97 Å². The highest BCUT2D eigenvalue weighted by Crippen LogP contribution is 2.45. The highest BCUT2D eigenvalue weighted by Gasteiger charge is 2.54. The van der Waals surface area contributed by atoms with Crippen molar-refractivity contribution >= 4 is 63.9 Å². The van der Waals surface area contributed by atoms with E-state index in [9.17, 15) is 19.5 Å². The van der Waals surface area contributed by atoms with Crippen molar-refractivity contribution in [2.45, 2.75) is 22.7 Å². The number of nitrogens with zero attached hydrogens (tertiary/aromatic N) is 1. The number of carboxylic acids is 1. The van der Waals surface area contributed by atoms with Crippen molar-refractivity contribution in [2.75, 3.05) is 5.75 Å². The Bertz CT molecular complexity index is 1040. The third-order valence-corrected chi connectivity index (χ3v) is 8.66. The van der Waals surface area contributed by atoms with Crippen LogP contribution < -0.4 is 5.32 Å². The first-order valence-electron chi connectivity index (χ1n) is 9.12. The lowest BCUT2D eigenvalue weighted by molar-refractivity contribution is -0.150. The maximum atomic E-state index is 12.8. The summed E-state index contributed by atoms with van der Waals surface area (Å²) in [4.78, 5) is 40.0. The van der Waals surface area contributed by atoms with E-state index < -0.39 is 17.4 Å². The maximum absolute atomic E-state index is 12.8. The number of β-lactam (4-membered cyclic amide) rings is 1. The molecule has 0 unspecified atom stereocenters. The number of aliphatic carboxylic acids is 1. The predicted molar refractivity (Wildman–Crippen MR) is 125 cm³/mol. The van der Waals surface area contributed by atoms with Gasteiger partial charge in [0.2, 0.25) is 5.91 Å². The quantitative estimate of drug-likeness (QED) is 0.423. The van der Waals surface area contributed by atoms with E-state index in [1.165, 1.54) is 28.4 Å². The van der Waals surface area contributed by atoms with Gasteiger partial charge in [-0.2, -0.15) is 0 Å². The van der Waals surface area contributed by atoms with Crippen molar-refractivity contribution in [1.82, 2.24) is 10.2 Å². The first kappa shape index (κ1) is 21.3. The number of benzene rings is 2. The molecule has 0 aliphatic carbocycles. The topological polar surface area (TPSA) is 86.7 Å².